The minimum Gasteiger partial charge on any atom is -0.486 e. The molecule has 0 aromatic heterocycles. The minimum absolute atomic E-state index is 0.213. The summed E-state index contributed by atoms with van der Waals surface area (Å²) in [6, 6.07) is 4.96. The maximum Gasteiger partial charge on any atom is 0.326 e. The number of hydrogen-bond acceptors (Lipinski definition) is 7. The van der Waals surface area contributed by atoms with Crippen molar-refractivity contribution in [1.82, 2.24) is 24.9 Å². The van der Waals surface area contributed by atoms with Gasteiger partial charge in [-0.3, -0.25) is 19.4 Å². The van der Waals surface area contributed by atoms with E-state index in [1.807, 2.05) is 4.90 Å². The van der Waals surface area contributed by atoms with Gasteiger partial charge in [0, 0.05) is 39.3 Å². The zero-order valence-electron chi connectivity index (χ0n) is 20.5. The van der Waals surface area contributed by atoms with Crippen LogP contribution in [0, 0.1) is 0 Å². The molecule has 5 rings (SSSR count). The van der Waals surface area contributed by atoms with Gasteiger partial charge < -0.3 is 19.7 Å². The van der Waals surface area contributed by atoms with E-state index < -0.39 is 11.6 Å². The molecule has 1 aromatic rings. The number of carbonyl (C=O) groups is 3. The molecule has 4 amide bonds. The van der Waals surface area contributed by atoms with Crippen LogP contribution in [0.15, 0.2) is 18.2 Å². The van der Waals surface area contributed by atoms with E-state index in [1.54, 1.807) is 25.1 Å². The van der Waals surface area contributed by atoms with Crippen molar-refractivity contribution in [2.45, 2.75) is 38.1 Å². The predicted octanol–water partition coefficient (Wildman–Crippen LogP) is 1.20. The van der Waals surface area contributed by atoms with Crippen LogP contribution in [0.4, 0.5) is 4.79 Å². The van der Waals surface area contributed by atoms with Crippen LogP contribution >= 0.6 is 0 Å². The maximum absolute atomic E-state index is 13.4. The molecule has 4 aliphatic rings. The Hall–Kier alpha value is -2.85. The molecule has 1 unspecified atom stereocenters. The molecule has 0 spiro atoms. The third kappa shape index (κ3) is 4.95. The number of ether oxygens (including phenoxy) is 2. The fourth-order valence-corrected chi connectivity index (χ4v) is 5.28. The zero-order chi connectivity index (χ0) is 24.4. The van der Waals surface area contributed by atoms with Crippen LogP contribution in [0.3, 0.4) is 0 Å². The molecule has 0 saturated carbocycles. The number of amides is 4. The highest BCUT2D eigenvalue weighted by Crippen LogP contribution is 2.36. The summed E-state index contributed by atoms with van der Waals surface area (Å²) in [5.74, 6) is 1.16. The van der Waals surface area contributed by atoms with E-state index in [1.165, 1.54) is 17.7 Å². The Balaban J connectivity index is 1.16. The molecule has 10 nitrogen and oxygen atoms in total. The fourth-order valence-electron chi connectivity index (χ4n) is 5.28. The first-order valence-electron chi connectivity index (χ1n) is 12.7. The number of piperazine rings is 1. The Kier molecular flexibility index (Phi) is 6.84. The third-order valence-electron chi connectivity index (χ3n) is 7.52. The van der Waals surface area contributed by atoms with Crippen molar-refractivity contribution in [3.8, 4) is 11.5 Å². The first kappa shape index (κ1) is 23.9. The summed E-state index contributed by atoms with van der Waals surface area (Å²) in [4.78, 5) is 46.4. The minimum atomic E-state index is -1.16. The third-order valence-corrected chi connectivity index (χ3v) is 7.52. The quantitative estimate of drug-likeness (QED) is 0.627. The summed E-state index contributed by atoms with van der Waals surface area (Å²) in [5, 5.41) is 2.87. The largest absolute Gasteiger partial charge is 0.486 e. The Morgan fingerprint density at radius 1 is 0.914 bits per heavy atom. The molecular formula is C25H35N5O5. The number of fused-ring (bicyclic) bond motifs is 1. The van der Waals surface area contributed by atoms with Crippen LogP contribution in [-0.2, 0) is 15.1 Å². The van der Waals surface area contributed by atoms with Gasteiger partial charge in [-0.1, -0.05) is 18.9 Å². The molecule has 190 valence electrons. The summed E-state index contributed by atoms with van der Waals surface area (Å²) < 4.78 is 11.2. The van der Waals surface area contributed by atoms with Crippen molar-refractivity contribution in [2.75, 3.05) is 65.7 Å². The average Bonchev–Trinajstić information content (AvgIpc) is 3.06. The molecule has 1 aromatic carbocycles. The summed E-state index contributed by atoms with van der Waals surface area (Å²) in [6.45, 7) is 7.96. The van der Waals surface area contributed by atoms with Crippen LogP contribution in [-0.4, -0.2) is 103 Å². The lowest BCUT2D eigenvalue weighted by Crippen LogP contribution is -2.53. The van der Waals surface area contributed by atoms with E-state index >= 15 is 0 Å². The molecule has 0 aliphatic carbocycles. The lowest BCUT2D eigenvalue weighted by molar-refractivity contribution is -0.133. The van der Waals surface area contributed by atoms with Gasteiger partial charge >= 0.3 is 6.03 Å². The number of nitrogens with zero attached hydrogens (tertiary/aromatic N) is 4. The number of hydrogen-bond donors (Lipinski definition) is 1. The van der Waals surface area contributed by atoms with E-state index in [-0.39, 0.29) is 18.5 Å². The number of carbonyl (C=O) groups excluding carboxylic acids is 3. The lowest BCUT2D eigenvalue weighted by Gasteiger charge is -2.36. The highest BCUT2D eigenvalue weighted by atomic mass is 16.6. The van der Waals surface area contributed by atoms with Gasteiger partial charge in [-0.2, -0.15) is 0 Å². The smallest absolute Gasteiger partial charge is 0.326 e. The highest BCUT2D eigenvalue weighted by Gasteiger charge is 2.49. The average molecular weight is 486 g/mol. The van der Waals surface area contributed by atoms with E-state index in [2.05, 4.69) is 15.1 Å². The maximum atomic E-state index is 13.4. The topological polar surface area (TPSA) is 94.7 Å². The van der Waals surface area contributed by atoms with Crippen LogP contribution in [0.1, 0.15) is 38.2 Å². The second kappa shape index (κ2) is 10.0. The fraction of sp³-hybridized carbons (Fsp3) is 0.640. The number of likely N-dealkylation sites (tertiary alicyclic amines) is 1. The first-order valence-corrected chi connectivity index (χ1v) is 12.7. The molecule has 3 saturated heterocycles. The predicted molar refractivity (Wildman–Crippen MR) is 128 cm³/mol. The molecule has 4 aliphatic heterocycles. The Bertz CT molecular complexity index is 971. The summed E-state index contributed by atoms with van der Waals surface area (Å²) in [7, 11) is 0. The number of benzene rings is 1. The number of urea groups is 1. The van der Waals surface area contributed by atoms with E-state index in [9.17, 15) is 14.4 Å². The monoisotopic (exact) mass is 485 g/mol. The van der Waals surface area contributed by atoms with Crippen LogP contribution in [0.2, 0.25) is 0 Å². The molecule has 1 atom stereocenters. The second-order valence-corrected chi connectivity index (χ2v) is 9.98. The summed E-state index contributed by atoms with van der Waals surface area (Å²) in [6.07, 6.45) is 4.60. The molecule has 0 bridgehead atoms. The molecule has 10 heteroatoms. The van der Waals surface area contributed by atoms with Crippen molar-refractivity contribution < 1.29 is 23.9 Å². The number of imide groups is 1. The van der Waals surface area contributed by atoms with E-state index in [4.69, 9.17) is 9.47 Å². The van der Waals surface area contributed by atoms with Gasteiger partial charge in [-0.15, -0.1) is 0 Å². The number of nitrogens with one attached hydrogen (secondary N) is 1. The van der Waals surface area contributed by atoms with Gasteiger partial charge in [-0.25, -0.2) is 9.69 Å². The Labute approximate surface area is 206 Å². The highest BCUT2D eigenvalue weighted by molar-refractivity contribution is 6.07. The van der Waals surface area contributed by atoms with Crippen LogP contribution in [0.5, 0.6) is 11.5 Å². The zero-order valence-corrected chi connectivity index (χ0v) is 20.5. The second-order valence-electron chi connectivity index (χ2n) is 9.98. The molecular weight excluding hydrogens is 450 g/mol. The van der Waals surface area contributed by atoms with E-state index in [0.29, 0.717) is 49.9 Å². The van der Waals surface area contributed by atoms with Crippen molar-refractivity contribution in [1.29, 1.82) is 0 Å². The van der Waals surface area contributed by atoms with Gasteiger partial charge in [0.25, 0.3) is 5.91 Å². The van der Waals surface area contributed by atoms with Gasteiger partial charge in [-0.05, 0) is 37.5 Å². The van der Waals surface area contributed by atoms with Crippen molar-refractivity contribution >= 4 is 17.8 Å². The summed E-state index contributed by atoms with van der Waals surface area (Å²) in [5.41, 5.74) is -0.492. The molecule has 3 fully saturated rings. The molecule has 4 heterocycles. The SMILES string of the molecule is CC1(c2ccc3c(c2)OCCO3)NC(=O)N(CN2CCN(CC(=O)N3CCCCCC3)CC2)C1=O. The van der Waals surface area contributed by atoms with Gasteiger partial charge in [0.05, 0.1) is 13.2 Å². The van der Waals surface area contributed by atoms with Crippen LogP contribution < -0.4 is 14.8 Å². The lowest BCUT2D eigenvalue weighted by atomic mass is 9.91. The molecule has 1 N–H and O–H groups in total. The van der Waals surface area contributed by atoms with Crippen molar-refractivity contribution in [3.05, 3.63) is 23.8 Å². The normalized spacial score (nSPS) is 26.0. The van der Waals surface area contributed by atoms with Gasteiger partial charge in [0.2, 0.25) is 5.91 Å². The first-order chi connectivity index (χ1) is 16.9. The van der Waals surface area contributed by atoms with Gasteiger partial charge in [0.15, 0.2) is 11.5 Å². The summed E-state index contributed by atoms with van der Waals surface area (Å²) >= 11 is 0. The number of rotatable bonds is 5. The van der Waals surface area contributed by atoms with Crippen LogP contribution in [0.25, 0.3) is 0 Å². The van der Waals surface area contributed by atoms with Crippen molar-refractivity contribution in [2.24, 2.45) is 0 Å². The van der Waals surface area contributed by atoms with Gasteiger partial charge in [0.1, 0.15) is 18.8 Å². The van der Waals surface area contributed by atoms with E-state index in [0.717, 1.165) is 39.0 Å². The molecule has 0 radical (unpaired) electrons. The van der Waals surface area contributed by atoms with Crippen molar-refractivity contribution in [3.63, 3.8) is 0 Å². The Morgan fingerprint density at radius 3 is 2.29 bits per heavy atom. The standard InChI is InChI=1S/C25H35N5O5/c1-25(19-6-7-20-21(16-19)35-15-14-34-20)23(32)30(24(33)26-25)18-28-12-10-27(11-13-28)17-22(31)29-8-4-2-3-5-9-29/h6-7,16H,2-5,8-15,17-18H2,1H3,(H,26,33). The molecule has 35 heavy (non-hydrogen) atoms. The Morgan fingerprint density at radius 2 is 1.57 bits per heavy atom.